The molecular weight excluding hydrogens is 327 g/mol. The van der Waals surface area contributed by atoms with Crippen LogP contribution in [-0.4, -0.2) is 32.5 Å². The molecule has 1 saturated carbocycles. The highest BCUT2D eigenvalue weighted by Crippen LogP contribution is 2.42. The molecule has 1 aliphatic rings. The Labute approximate surface area is 144 Å². The first-order chi connectivity index (χ1) is 11.6. The van der Waals surface area contributed by atoms with Gasteiger partial charge in [-0.25, -0.2) is 4.39 Å². The quantitative estimate of drug-likeness (QED) is 0.618. The summed E-state index contributed by atoms with van der Waals surface area (Å²) in [5.74, 6) is 0.120. The predicted octanol–water partition coefficient (Wildman–Crippen LogP) is 3.20. The predicted molar refractivity (Wildman–Crippen MR) is 92.2 cm³/mol. The van der Waals surface area contributed by atoms with Gasteiger partial charge in [0.1, 0.15) is 5.82 Å². The number of carbonyl (C=O) groups is 1. The zero-order valence-corrected chi connectivity index (χ0v) is 14.2. The van der Waals surface area contributed by atoms with Crippen LogP contribution in [0.2, 0.25) is 0 Å². The number of nitrogens with one attached hydrogen (secondary N) is 1. The van der Waals surface area contributed by atoms with Gasteiger partial charge >= 0.3 is 0 Å². The van der Waals surface area contributed by atoms with Gasteiger partial charge in [-0.3, -0.25) is 9.36 Å². The fourth-order valence-electron chi connectivity index (χ4n) is 2.37. The molecule has 1 aliphatic carbocycles. The molecule has 1 N–H and O–H groups in total. The number of aromatic nitrogens is 3. The summed E-state index contributed by atoms with van der Waals surface area (Å²) in [4.78, 5) is 12.0. The van der Waals surface area contributed by atoms with E-state index in [4.69, 9.17) is 0 Å². The van der Waals surface area contributed by atoms with E-state index in [1.54, 1.807) is 24.3 Å². The summed E-state index contributed by atoms with van der Waals surface area (Å²) in [6.45, 7) is 5.83. The molecule has 0 saturated heterocycles. The lowest BCUT2D eigenvalue weighted by Crippen LogP contribution is -2.31. The van der Waals surface area contributed by atoms with Crippen LogP contribution in [0.15, 0.2) is 42.1 Å². The fraction of sp³-hybridized carbons (Fsp3) is 0.353. The van der Waals surface area contributed by atoms with Crippen molar-refractivity contribution in [2.24, 2.45) is 0 Å². The zero-order chi connectivity index (χ0) is 17.1. The van der Waals surface area contributed by atoms with E-state index in [1.165, 1.54) is 17.8 Å². The van der Waals surface area contributed by atoms with E-state index in [0.29, 0.717) is 23.1 Å². The van der Waals surface area contributed by atoms with Gasteiger partial charge in [-0.05, 0) is 31.9 Å². The maximum Gasteiger partial charge on any atom is 0.233 e. The van der Waals surface area contributed by atoms with E-state index in [-0.39, 0.29) is 23.0 Å². The van der Waals surface area contributed by atoms with Crippen molar-refractivity contribution in [1.82, 2.24) is 20.1 Å². The molecule has 1 unspecified atom stereocenters. The van der Waals surface area contributed by atoms with E-state index in [9.17, 15) is 9.18 Å². The molecule has 0 bridgehead atoms. The number of hydrogen-bond acceptors (Lipinski definition) is 4. The Morgan fingerprint density at radius 1 is 1.50 bits per heavy atom. The molecule has 1 heterocycles. The van der Waals surface area contributed by atoms with Crippen molar-refractivity contribution >= 4 is 17.7 Å². The van der Waals surface area contributed by atoms with Crippen molar-refractivity contribution in [3.63, 3.8) is 0 Å². The van der Waals surface area contributed by atoms with Crippen molar-refractivity contribution in [2.45, 2.75) is 36.2 Å². The van der Waals surface area contributed by atoms with Crippen LogP contribution in [0.25, 0.3) is 11.4 Å². The fourth-order valence-corrected chi connectivity index (χ4v) is 3.32. The third-order valence-corrected chi connectivity index (χ3v) is 4.82. The maximum absolute atomic E-state index is 14.1. The molecule has 1 atom stereocenters. The molecule has 5 nitrogen and oxygen atoms in total. The lowest BCUT2D eigenvalue weighted by molar-refractivity contribution is -0.120. The Morgan fingerprint density at radius 2 is 2.25 bits per heavy atom. The van der Waals surface area contributed by atoms with Gasteiger partial charge in [-0.2, -0.15) is 0 Å². The zero-order valence-electron chi connectivity index (χ0n) is 13.4. The largest absolute Gasteiger partial charge is 0.352 e. The first kappa shape index (κ1) is 16.7. The topological polar surface area (TPSA) is 59.8 Å². The highest BCUT2D eigenvalue weighted by atomic mass is 32.2. The summed E-state index contributed by atoms with van der Waals surface area (Å²) < 4.78 is 16.1. The van der Waals surface area contributed by atoms with Crippen LogP contribution in [0.4, 0.5) is 4.39 Å². The van der Waals surface area contributed by atoms with Gasteiger partial charge in [-0.15, -0.1) is 16.8 Å². The van der Waals surface area contributed by atoms with Gasteiger partial charge < -0.3 is 5.32 Å². The van der Waals surface area contributed by atoms with Crippen LogP contribution >= 0.6 is 11.8 Å². The van der Waals surface area contributed by atoms with Crippen molar-refractivity contribution in [3.8, 4) is 11.4 Å². The Balaban J connectivity index is 1.86. The Kier molecular flexibility index (Phi) is 4.99. The first-order valence-corrected chi connectivity index (χ1v) is 8.75. The summed E-state index contributed by atoms with van der Waals surface area (Å²) in [5.41, 5.74) is 0.438. The number of halogens is 1. The van der Waals surface area contributed by atoms with Crippen LogP contribution in [0.1, 0.15) is 25.8 Å². The average Bonchev–Trinajstić information content (AvgIpc) is 3.34. The highest BCUT2D eigenvalue weighted by molar-refractivity contribution is 8.00. The van der Waals surface area contributed by atoms with Crippen molar-refractivity contribution < 1.29 is 9.18 Å². The second-order valence-corrected chi connectivity index (χ2v) is 6.99. The molecule has 0 radical (unpaired) electrons. The minimum atomic E-state index is -0.319. The van der Waals surface area contributed by atoms with Crippen LogP contribution in [0.5, 0.6) is 0 Å². The van der Waals surface area contributed by atoms with Crippen LogP contribution < -0.4 is 5.32 Å². The minimum Gasteiger partial charge on any atom is -0.352 e. The number of amides is 1. The molecule has 1 aromatic heterocycles. The van der Waals surface area contributed by atoms with Gasteiger partial charge in [0.2, 0.25) is 5.91 Å². The molecule has 1 fully saturated rings. The Bertz CT molecular complexity index is 757. The van der Waals surface area contributed by atoms with Crippen molar-refractivity contribution in [1.29, 1.82) is 0 Å². The number of hydrogen-bond donors (Lipinski definition) is 1. The van der Waals surface area contributed by atoms with Gasteiger partial charge in [0.25, 0.3) is 0 Å². The third kappa shape index (κ3) is 3.51. The van der Waals surface area contributed by atoms with Gasteiger partial charge in [0.15, 0.2) is 11.0 Å². The number of rotatable bonds is 7. The molecule has 7 heteroatoms. The molecule has 3 rings (SSSR count). The summed E-state index contributed by atoms with van der Waals surface area (Å²) in [6, 6.07) is 6.83. The summed E-state index contributed by atoms with van der Waals surface area (Å²) in [7, 11) is 0. The van der Waals surface area contributed by atoms with Crippen LogP contribution in [0, 0.1) is 5.82 Å². The summed E-state index contributed by atoms with van der Waals surface area (Å²) in [6.07, 6.45) is 3.67. The monoisotopic (exact) mass is 346 g/mol. The molecule has 1 amide bonds. The smallest absolute Gasteiger partial charge is 0.233 e. The van der Waals surface area contributed by atoms with Crippen LogP contribution in [-0.2, 0) is 4.79 Å². The molecule has 126 valence electrons. The van der Waals surface area contributed by atoms with Gasteiger partial charge in [-0.1, -0.05) is 30.0 Å². The highest BCUT2D eigenvalue weighted by Gasteiger charge is 2.32. The Morgan fingerprint density at radius 3 is 2.92 bits per heavy atom. The molecule has 0 aliphatic heterocycles. The van der Waals surface area contributed by atoms with E-state index in [1.807, 2.05) is 11.5 Å². The number of nitrogens with zero attached hydrogens (tertiary/aromatic N) is 3. The molecular formula is C17H19FN4OS. The third-order valence-electron chi connectivity index (χ3n) is 3.76. The van der Waals surface area contributed by atoms with Gasteiger partial charge in [0.05, 0.1) is 10.8 Å². The first-order valence-electron chi connectivity index (χ1n) is 7.87. The van der Waals surface area contributed by atoms with Crippen molar-refractivity contribution in [2.75, 3.05) is 6.54 Å². The second kappa shape index (κ2) is 7.17. The van der Waals surface area contributed by atoms with Crippen molar-refractivity contribution in [3.05, 3.63) is 42.7 Å². The summed E-state index contributed by atoms with van der Waals surface area (Å²) >= 11 is 1.34. The number of benzene rings is 1. The number of thioether (sulfide) groups is 1. The molecule has 0 spiro atoms. The standard InChI is InChI=1S/C17H19FN4OS/c1-3-10-19-16(23)11(2)24-17-21-20-15(22(17)12-8-9-12)13-6-4-5-7-14(13)18/h3-7,11-12H,1,8-10H2,2H3,(H,19,23). The van der Waals surface area contributed by atoms with E-state index in [2.05, 4.69) is 22.1 Å². The lowest BCUT2D eigenvalue weighted by atomic mass is 10.2. The summed E-state index contributed by atoms with van der Waals surface area (Å²) in [5, 5.41) is 11.5. The SMILES string of the molecule is C=CCNC(=O)C(C)Sc1nnc(-c2ccccc2F)n1C1CC1. The van der Waals surface area contributed by atoms with E-state index < -0.39 is 0 Å². The maximum atomic E-state index is 14.1. The average molecular weight is 346 g/mol. The molecule has 2 aromatic rings. The van der Waals surface area contributed by atoms with Gasteiger partial charge in [0, 0.05) is 12.6 Å². The normalized spacial score (nSPS) is 15.1. The minimum absolute atomic E-state index is 0.0855. The molecule has 1 aromatic carbocycles. The molecule has 24 heavy (non-hydrogen) atoms. The van der Waals surface area contributed by atoms with E-state index >= 15 is 0 Å². The van der Waals surface area contributed by atoms with E-state index in [0.717, 1.165) is 12.8 Å². The van der Waals surface area contributed by atoms with Crippen LogP contribution in [0.3, 0.4) is 0 Å². The lowest BCUT2D eigenvalue weighted by Gasteiger charge is -2.13. The Hall–Kier alpha value is -2.15. The second-order valence-electron chi connectivity index (χ2n) is 5.68. The number of carbonyl (C=O) groups excluding carboxylic acids is 1.